The topological polar surface area (TPSA) is 72.5 Å². The zero-order chi connectivity index (χ0) is 16.9. The molecule has 3 rings (SSSR count). The first-order valence-corrected chi connectivity index (χ1v) is 7.37. The first kappa shape index (κ1) is 15.6. The maximum Gasteiger partial charge on any atom is 0.271 e. The highest BCUT2D eigenvalue weighted by atomic mass is 16.7. The zero-order valence-electron chi connectivity index (χ0n) is 13.2. The molecule has 0 fully saturated rings. The molecule has 2 aromatic rings. The van der Waals surface area contributed by atoms with Crippen molar-refractivity contribution in [3.05, 3.63) is 71.7 Å². The molecular formula is C18H17N3O3. The normalized spacial score (nSPS) is 12.2. The van der Waals surface area contributed by atoms with Crippen molar-refractivity contribution in [3.63, 3.8) is 0 Å². The van der Waals surface area contributed by atoms with Crippen molar-refractivity contribution in [2.75, 3.05) is 6.79 Å². The summed E-state index contributed by atoms with van der Waals surface area (Å²) in [4.78, 5) is 16.0. The van der Waals surface area contributed by atoms with Crippen LogP contribution in [0.2, 0.25) is 0 Å². The van der Waals surface area contributed by atoms with E-state index in [-0.39, 0.29) is 12.7 Å². The molecule has 2 N–H and O–H groups in total. The average Bonchev–Trinajstić information content (AvgIpc) is 3.06. The van der Waals surface area contributed by atoms with E-state index in [1.165, 1.54) is 6.20 Å². The van der Waals surface area contributed by atoms with Crippen molar-refractivity contribution in [2.45, 2.75) is 6.92 Å². The largest absolute Gasteiger partial charge is 0.454 e. The number of carbonyl (C=O) groups excluding carboxylic acids is 1. The Morgan fingerprint density at radius 3 is 2.83 bits per heavy atom. The fourth-order valence-electron chi connectivity index (χ4n) is 2.07. The molecule has 6 heteroatoms. The Kier molecular flexibility index (Phi) is 4.47. The van der Waals surface area contributed by atoms with E-state index in [2.05, 4.69) is 22.4 Å². The number of hydrazine groups is 1. The van der Waals surface area contributed by atoms with Gasteiger partial charge >= 0.3 is 0 Å². The summed E-state index contributed by atoms with van der Waals surface area (Å²) >= 11 is 0. The Hall–Kier alpha value is -3.28. The number of amides is 1. The Morgan fingerprint density at radius 2 is 2.04 bits per heavy atom. The van der Waals surface area contributed by atoms with Gasteiger partial charge in [-0.05, 0) is 42.8 Å². The van der Waals surface area contributed by atoms with Crippen LogP contribution in [0.3, 0.4) is 0 Å². The molecule has 1 aromatic carbocycles. The summed E-state index contributed by atoms with van der Waals surface area (Å²) in [5.74, 6) is 1.18. The van der Waals surface area contributed by atoms with E-state index in [0.717, 1.165) is 22.8 Å². The van der Waals surface area contributed by atoms with Crippen LogP contribution >= 0.6 is 0 Å². The van der Waals surface area contributed by atoms with Gasteiger partial charge < -0.3 is 9.47 Å². The van der Waals surface area contributed by atoms with Crippen molar-refractivity contribution in [2.24, 2.45) is 0 Å². The van der Waals surface area contributed by atoms with Crippen molar-refractivity contribution in [1.29, 1.82) is 0 Å². The van der Waals surface area contributed by atoms with Gasteiger partial charge in [0, 0.05) is 17.6 Å². The van der Waals surface area contributed by atoms with E-state index < -0.39 is 0 Å². The first-order chi connectivity index (χ1) is 11.6. The molecule has 0 aliphatic carbocycles. The van der Waals surface area contributed by atoms with E-state index >= 15 is 0 Å². The molecule has 1 aliphatic rings. The lowest BCUT2D eigenvalue weighted by Crippen LogP contribution is -2.36. The summed E-state index contributed by atoms with van der Waals surface area (Å²) in [6, 6.07) is 9.13. The molecule has 0 radical (unpaired) electrons. The molecule has 6 nitrogen and oxygen atoms in total. The number of aromatic nitrogens is 1. The number of rotatable bonds is 5. The molecule has 1 aliphatic heterocycles. The van der Waals surface area contributed by atoms with Gasteiger partial charge in [0.1, 0.15) is 0 Å². The minimum absolute atomic E-state index is 0.247. The predicted octanol–water partition coefficient (Wildman–Crippen LogP) is 2.58. The van der Waals surface area contributed by atoms with Crippen molar-refractivity contribution < 1.29 is 14.3 Å². The molecule has 2 heterocycles. The third kappa shape index (κ3) is 3.73. The van der Waals surface area contributed by atoms with Gasteiger partial charge in [0.15, 0.2) is 11.5 Å². The van der Waals surface area contributed by atoms with E-state index in [9.17, 15) is 4.79 Å². The van der Waals surface area contributed by atoms with Gasteiger partial charge in [-0.25, -0.2) is 0 Å². The van der Waals surface area contributed by atoms with Crippen molar-refractivity contribution >= 4 is 12.0 Å². The highest BCUT2D eigenvalue weighted by Crippen LogP contribution is 2.32. The lowest BCUT2D eigenvalue weighted by molar-refractivity contribution is 0.0939. The number of nitrogens with one attached hydrogen (secondary N) is 2. The second-order valence-electron chi connectivity index (χ2n) is 5.24. The lowest BCUT2D eigenvalue weighted by atomic mass is 10.2. The number of carbonyl (C=O) groups is 1. The molecule has 0 unspecified atom stereocenters. The fourth-order valence-corrected chi connectivity index (χ4v) is 2.07. The Balaban J connectivity index is 1.53. The Labute approximate surface area is 139 Å². The monoisotopic (exact) mass is 323 g/mol. The zero-order valence-corrected chi connectivity index (χ0v) is 13.2. The number of allylic oxidation sites excluding steroid dienone is 1. The van der Waals surface area contributed by atoms with E-state index in [4.69, 9.17) is 9.47 Å². The van der Waals surface area contributed by atoms with Gasteiger partial charge in [-0.1, -0.05) is 18.7 Å². The van der Waals surface area contributed by atoms with Gasteiger partial charge in [0.05, 0.1) is 5.56 Å². The SMILES string of the molecule is C=C(C=Cc1ccc2c(c1)OCO2)NNC(=O)c1ccc(C)nc1. The average molecular weight is 323 g/mol. The molecule has 0 spiro atoms. The van der Waals surface area contributed by atoms with Crippen LogP contribution in [0, 0.1) is 6.92 Å². The molecule has 122 valence electrons. The molecule has 0 atom stereocenters. The number of hydrogen-bond acceptors (Lipinski definition) is 5. The van der Waals surface area contributed by atoms with Gasteiger partial charge in [-0.2, -0.15) is 0 Å². The fraction of sp³-hybridized carbons (Fsp3) is 0.111. The Morgan fingerprint density at radius 1 is 1.21 bits per heavy atom. The molecule has 1 amide bonds. The number of nitrogens with zero attached hydrogens (tertiary/aromatic N) is 1. The standard InChI is InChI=1S/C18H17N3O3/c1-12-4-7-15(10-19-12)18(22)21-20-13(2)3-5-14-6-8-16-17(9-14)24-11-23-16/h3-10,20H,2,11H2,1H3,(H,21,22). The molecule has 1 aromatic heterocycles. The number of pyridine rings is 1. The van der Waals surface area contributed by atoms with Crippen LogP contribution in [0.4, 0.5) is 0 Å². The Bertz CT molecular complexity index is 798. The summed E-state index contributed by atoms with van der Waals surface area (Å²) in [7, 11) is 0. The smallest absolute Gasteiger partial charge is 0.271 e. The summed E-state index contributed by atoms with van der Waals surface area (Å²) in [6.45, 7) is 5.95. The summed E-state index contributed by atoms with van der Waals surface area (Å²) in [6.07, 6.45) is 5.14. The van der Waals surface area contributed by atoms with Gasteiger partial charge in [-0.3, -0.25) is 20.6 Å². The van der Waals surface area contributed by atoms with Crippen LogP contribution in [-0.2, 0) is 0 Å². The maximum atomic E-state index is 12.0. The number of hydrogen-bond donors (Lipinski definition) is 2. The van der Waals surface area contributed by atoms with Crippen LogP contribution in [0.1, 0.15) is 21.6 Å². The van der Waals surface area contributed by atoms with E-state index in [1.54, 1.807) is 18.2 Å². The number of aryl methyl sites for hydroxylation is 1. The first-order valence-electron chi connectivity index (χ1n) is 7.37. The predicted molar refractivity (Wildman–Crippen MR) is 90.3 cm³/mol. The van der Waals surface area contributed by atoms with Gasteiger partial charge in [0.2, 0.25) is 6.79 Å². The maximum absolute atomic E-state index is 12.0. The summed E-state index contributed by atoms with van der Waals surface area (Å²) < 4.78 is 10.6. The van der Waals surface area contributed by atoms with Crippen LogP contribution in [0.5, 0.6) is 11.5 Å². The van der Waals surface area contributed by atoms with Crippen LogP contribution < -0.4 is 20.3 Å². The minimum atomic E-state index is -0.278. The number of ether oxygens (including phenoxy) is 2. The minimum Gasteiger partial charge on any atom is -0.454 e. The third-order valence-electron chi connectivity index (χ3n) is 3.38. The molecule has 0 saturated heterocycles. The summed E-state index contributed by atoms with van der Waals surface area (Å²) in [5.41, 5.74) is 8.14. The summed E-state index contributed by atoms with van der Waals surface area (Å²) in [5, 5.41) is 0. The number of fused-ring (bicyclic) bond motifs is 1. The highest BCUT2D eigenvalue weighted by molar-refractivity contribution is 5.93. The second-order valence-corrected chi connectivity index (χ2v) is 5.24. The van der Waals surface area contributed by atoms with E-state index in [1.807, 2.05) is 31.2 Å². The number of benzene rings is 1. The molecule has 0 bridgehead atoms. The van der Waals surface area contributed by atoms with Gasteiger partial charge in [-0.15, -0.1) is 0 Å². The van der Waals surface area contributed by atoms with Crippen molar-refractivity contribution in [3.8, 4) is 11.5 Å². The van der Waals surface area contributed by atoms with Crippen LogP contribution in [0.15, 0.2) is 54.9 Å². The molecule has 24 heavy (non-hydrogen) atoms. The quantitative estimate of drug-likeness (QED) is 0.653. The molecule has 0 saturated carbocycles. The lowest BCUT2D eigenvalue weighted by Gasteiger charge is -2.08. The van der Waals surface area contributed by atoms with E-state index in [0.29, 0.717) is 11.3 Å². The third-order valence-corrected chi connectivity index (χ3v) is 3.38. The van der Waals surface area contributed by atoms with Crippen LogP contribution in [-0.4, -0.2) is 17.7 Å². The second kappa shape index (κ2) is 6.87. The highest BCUT2D eigenvalue weighted by Gasteiger charge is 2.12. The van der Waals surface area contributed by atoms with Crippen molar-refractivity contribution in [1.82, 2.24) is 15.8 Å². The van der Waals surface area contributed by atoms with Gasteiger partial charge in [0.25, 0.3) is 5.91 Å². The molecular weight excluding hydrogens is 306 g/mol. The van der Waals surface area contributed by atoms with Crippen LogP contribution in [0.25, 0.3) is 6.08 Å².